The lowest BCUT2D eigenvalue weighted by Crippen LogP contribution is -2.44. The number of hydrogen-bond acceptors (Lipinski definition) is 4. The number of imidazole rings is 1. The van der Waals surface area contributed by atoms with Crippen LogP contribution in [0.4, 0.5) is 0 Å². The number of aromatic nitrogens is 2. The van der Waals surface area contributed by atoms with Gasteiger partial charge >= 0.3 is 0 Å². The average Bonchev–Trinajstić information content (AvgIpc) is 3.11. The number of rotatable bonds is 8. The van der Waals surface area contributed by atoms with Crippen LogP contribution < -0.4 is 5.73 Å². The minimum absolute atomic E-state index is 0.108. The number of benzene rings is 1. The summed E-state index contributed by atoms with van der Waals surface area (Å²) >= 11 is 4.13. The lowest BCUT2D eigenvalue weighted by atomic mass is 10.1. The Morgan fingerprint density at radius 1 is 1.38 bits per heavy atom. The van der Waals surface area contributed by atoms with Crippen molar-refractivity contribution in [1.82, 2.24) is 14.9 Å². The molecule has 0 aliphatic rings. The standard InChI is InChI=1S/C18H26N4OS/c1-3-4-10-16(22(2)18(23)14(19)12-24)17-20-11-15(21-17)13-8-6-5-7-9-13/h5-9,11,14,16,24H,3-4,10,12,19H2,1-2H3,(H,20,21). The predicted molar refractivity (Wildman–Crippen MR) is 101 cm³/mol. The van der Waals surface area contributed by atoms with Crippen molar-refractivity contribution in [1.29, 1.82) is 0 Å². The first-order valence-corrected chi connectivity index (χ1v) is 8.95. The molecule has 2 unspecified atom stereocenters. The zero-order chi connectivity index (χ0) is 17.5. The van der Waals surface area contributed by atoms with E-state index in [0.29, 0.717) is 5.75 Å². The normalized spacial score (nSPS) is 13.5. The van der Waals surface area contributed by atoms with Crippen LogP contribution >= 0.6 is 12.6 Å². The molecule has 3 N–H and O–H groups in total. The van der Waals surface area contributed by atoms with E-state index < -0.39 is 6.04 Å². The van der Waals surface area contributed by atoms with Crippen LogP contribution in [0, 0.1) is 0 Å². The molecule has 0 saturated carbocycles. The van der Waals surface area contributed by atoms with Crippen LogP contribution in [-0.2, 0) is 4.79 Å². The number of amides is 1. The SMILES string of the molecule is CCCCC(c1ncc(-c2ccccc2)[nH]1)N(C)C(=O)C(N)CS. The Morgan fingerprint density at radius 2 is 2.08 bits per heavy atom. The number of thiol groups is 1. The number of aromatic amines is 1. The Labute approximate surface area is 149 Å². The molecule has 5 nitrogen and oxygen atoms in total. The molecule has 2 aromatic rings. The molecule has 0 aliphatic carbocycles. The fourth-order valence-corrected chi connectivity index (χ4v) is 2.83. The van der Waals surface area contributed by atoms with Gasteiger partial charge in [-0.3, -0.25) is 4.79 Å². The molecule has 130 valence electrons. The van der Waals surface area contributed by atoms with Crippen LogP contribution in [0.3, 0.4) is 0 Å². The zero-order valence-corrected chi connectivity index (χ0v) is 15.2. The van der Waals surface area contributed by atoms with Crippen LogP contribution in [0.1, 0.15) is 38.1 Å². The fourth-order valence-electron chi connectivity index (χ4n) is 2.67. The Hall–Kier alpha value is -1.79. The Kier molecular flexibility index (Phi) is 6.87. The van der Waals surface area contributed by atoms with Gasteiger partial charge in [0.15, 0.2) is 0 Å². The monoisotopic (exact) mass is 346 g/mol. The summed E-state index contributed by atoms with van der Waals surface area (Å²) in [6, 6.07) is 9.33. The largest absolute Gasteiger partial charge is 0.340 e. The van der Waals surface area contributed by atoms with Gasteiger partial charge in [0.1, 0.15) is 5.82 Å². The molecule has 24 heavy (non-hydrogen) atoms. The minimum atomic E-state index is -0.592. The smallest absolute Gasteiger partial charge is 0.240 e. The summed E-state index contributed by atoms with van der Waals surface area (Å²) in [6.45, 7) is 2.13. The van der Waals surface area contributed by atoms with Crippen LogP contribution in [-0.4, -0.2) is 39.6 Å². The third-order valence-corrected chi connectivity index (χ3v) is 4.55. The van der Waals surface area contributed by atoms with Gasteiger partial charge in [-0.05, 0) is 12.0 Å². The van der Waals surface area contributed by atoms with Crippen LogP contribution in [0.2, 0.25) is 0 Å². The fraction of sp³-hybridized carbons (Fsp3) is 0.444. The van der Waals surface area contributed by atoms with Crippen LogP contribution in [0.5, 0.6) is 0 Å². The molecule has 0 saturated heterocycles. The lowest BCUT2D eigenvalue weighted by molar-refractivity contribution is -0.133. The van der Waals surface area contributed by atoms with E-state index >= 15 is 0 Å². The average molecular weight is 347 g/mol. The Balaban J connectivity index is 2.25. The van der Waals surface area contributed by atoms with E-state index in [4.69, 9.17) is 5.73 Å². The maximum atomic E-state index is 12.4. The number of carbonyl (C=O) groups is 1. The quantitative estimate of drug-likeness (QED) is 0.643. The number of unbranched alkanes of at least 4 members (excludes halogenated alkanes) is 1. The molecule has 1 aromatic carbocycles. The molecule has 0 aliphatic heterocycles. The first-order chi connectivity index (χ1) is 11.6. The highest BCUT2D eigenvalue weighted by atomic mass is 32.1. The second-order valence-electron chi connectivity index (χ2n) is 5.94. The molecule has 2 rings (SSSR count). The van der Waals surface area contributed by atoms with Gasteiger partial charge in [-0.15, -0.1) is 0 Å². The molecular weight excluding hydrogens is 320 g/mol. The number of H-pyrrole nitrogens is 1. The highest BCUT2D eigenvalue weighted by Gasteiger charge is 2.26. The van der Waals surface area contributed by atoms with Gasteiger partial charge < -0.3 is 15.6 Å². The van der Waals surface area contributed by atoms with Crippen molar-refractivity contribution in [2.75, 3.05) is 12.8 Å². The summed E-state index contributed by atoms with van der Waals surface area (Å²) in [6.07, 6.45) is 4.74. The van der Waals surface area contributed by atoms with E-state index in [2.05, 4.69) is 29.5 Å². The van der Waals surface area contributed by atoms with E-state index in [0.717, 1.165) is 36.3 Å². The molecule has 0 radical (unpaired) electrons. The van der Waals surface area contributed by atoms with Crippen molar-refractivity contribution in [3.05, 3.63) is 42.4 Å². The third kappa shape index (κ3) is 4.39. The highest BCUT2D eigenvalue weighted by molar-refractivity contribution is 7.80. The zero-order valence-electron chi connectivity index (χ0n) is 14.3. The highest BCUT2D eigenvalue weighted by Crippen LogP contribution is 2.26. The molecule has 2 atom stereocenters. The molecular formula is C18H26N4OS. The lowest BCUT2D eigenvalue weighted by Gasteiger charge is -2.28. The number of likely N-dealkylation sites (N-methyl/N-ethyl adjacent to an activating group) is 1. The van der Waals surface area contributed by atoms with E-state index in [1.165, 1.54) is 0 Å². The maximum Gasteiger partial charge on any atom is 0.240 e. The predicted octanol–water partition coefficient (Wildman–Crippen LogP) is 3.02. The Morgan fingerprint density at radius 3 is 2.71 bits per heavy atom. The van der Waals surface area contributed by atoms with Crippen molar-refractivity contribution in [2.45, 2.75) is 38.3 Å². The first-order valence-electron chi connectivity index (χ1n) is 8.31. The van der Waals surface area contributed by atoms with Gasteiger partial charge in [0.05, 0.1) is 24.0 Å². The summed E-state index contributed by atoms with van der Waals surface area (Å²) in [5, 5.41) is 0. The van der Waals surface area contributed by atoms with E-state index in [-0.39, 0.29) is 11.9 Å². The molecule has 1 aromatic heterocycles. The number of hydrogen-bond donors (Lipinski definition) is 3. The van der Waals surface area contributed by atoms with Gasteiger partial charge in [0.2, 0.25) is 5.91 Å². The van der Waals surface area contributed by atoms with Gasteiger partial charge in [-0.2, -0.15) is 12.6 Å². The molecule has 0 spiro atoms. The summed E-state index contributed by atoms with van der Waals surface area (Å²) in [7, 11) is 1.79. The number of nitrogens with zero attached hydrogens (tertiary/aromatic N) is 2. The summed E-state index contributed by atoms with van der Waals surface area (Å²) in [5.74, 6) is 1.02. The molecule has 1 amide bonds. The van der Waals surface area contributed by atoms with Gasteiger partial charge in [-0.1, -0.05) is 50.1 Å². The summed E-state index contributed by atoms with van der Waals surface area (Å²) in [4.78, 5) is 22.0. The Bertz CT molecular complexity index is 643. The number of carbonyl (C=O) groups excluding carboxylic acids is 1. The number of nitrogens with two attached hydrogens (primary N) is 1. The van der Waals surface area contributed by atoms with Crippen molar-refractivity contribution in [3.8, 4) is 11.3 Å². The van der Waals surface area contributed by atoms with Crippen molar-refractivity contribution in [2.24, 2.45) is 5.73 Å². The van der Waals surface area contributed by atoms with Gasteiger partial charge in [0, 0.05) is 12.8 Å². The second-order valence-corrected chi connectivity index (χ2v) is 6.31. The van der Waals surface area contributed by atoms with Crippen LogP contribution in [0.15, 0.2) is 36.5 Å². The van der Waals surface area contributed by atoms with Crippen molar-refractivity contribution in [3.63, 3.8) is 0 Å². The molecule has 1 heterocycles. The van der Waals surface area contributed by atoms with Gasteiger partial charge in [-0.25, -0.2) is 4.98 Å². The number of nitrogens with one attached hydrogen (secondary N) is 1. The van der Waals surface area contributed by atoms with Gasteiger partial charge in [0.25, 0.3) is 0 Å². The molecule has 0 bridgehead atoms. The minimum Gasteiger partial charge on any atom is -0.340 e. The van der Waals surface area contributed by atoms with Crippen molar-refractivity contribution < 1.29 is 4.79 Å². The molecule has 6 heteroatoms. The molecule has 0 fully saturated rings. The third-order valence-electron chi connectivity index (χ3n) is 4.16. The van der Waals surface area contributed by atoms with E-state index in [1.807, 2.05) is 36.5 Å². The first kappa shape index (κ1) is 18.5. The van der Waals surface area contributed by atoms with Crippen molar-refractivity contribution >= 4 is 18.5 Å². The van der Waals surface area contributed by atoms with E-state index in [9.17, 15) is 4.79 Å². The second kappa shape index (κ2) is 8.89. The van der Waals surface area contributed by atoms with Crippen LogP contribution in [0.25, 0.3) is 11.3 Å². The summed E-state index contributed by atoms with van der Waals surface area (Å²) in [5.41, 5.74) is 7.89. The summed E-state index contributed by atoms with van der Waals surface area (Å²) < 4.78 is 0. The van der Waals surface area contributed by atoms with E-state index in [1.54, 1.807) is 11.9 Å². The topological polar surface area (TPSA) is 75.0 Å². The maximum absolute atomic E-state index is 12.4.